The van der Waals surface area contributed by atoms with Gasteiger partial charge in [-0.2, -0.15) is 0 Å². The van der Waals surface area contributed by atoms with Crippen molar-refractivity contribution in [1.29, 1.82) is 0 Å². The van der Waals surface area contributed by atoms with Crippen molar-refractivity contribution in [3.63, 3.8) is 0 Å². The molecule has 0 aliphatic heterocycles. The van der Waals surface area contributed by atoms with Crippen molar-refractivity contribution in [1.82, 2.24) is 14.6 Å². The number of aromatic amines is 1. The number of carbonyl (C=O) groups is 1. The molecule has 0 spiro atoms. The topological polar surface area (TPSA) is 73.0 Å². The summed E-state index contributed by atoms with van der Waals surface area (Å²) in [6, 6.07) is 5.74. The van der Waals surface area contributed by atoms with Gasteiger partial charge in [0.25, 0.3) is 0 Å². The van der Waals surface area contributed by atoms with E-state index in [0.29, 0.717) is 17.5 Å². The van der Waals surface area contributed by atoms with Crippen LogP contribution < -0.4 is 4.74 Å². The highest BCUT2D eigenvalue weighted by molar-refractivity contribution is 6.34. The number of nitrogens with zero attached hydrogens (tertiary/aromatic N) is 3. The van der Waals surface area contributed by atoms with Crippen LogP contribution in [0, 0.1) is 31.2 Å². The predicted octanol–water partition coefficient (Wildman–Crippen LogP) is 6.08. The smallest absolute Gasteiger partial charge is 0.331 e. The molecular formula is C24H27ClN4O3. The number of halogens is 1. The van der Waals surface area contributed by atoms with Crippen molar-refractivity contribution >= 4 is 28.9 Å². The Balaban J connectivity index is 1.76. The van der Waals surface area contributed by atoms with Crippen molar-refractivity contribution in [3.8, 4) is 17.1 Å². The van der Waals surface area contributed by atoms with Crippen molar-refractivity contribution in [2.45, 2.75) is 46.6 Å². The van der Waals surface area contributed by atoms with Crippen LogP contribution in [0.5, 0.6) is 5.75 Å². The number of aromatic nitrogens is 3. The van der Waals surface area contributed by atoms with Crippen LogP contribution in [0.4, 0.5) is 5.69 Å². The third kappa shape index (κ3) is 3.73. The molecule has 1 N–H and O–H groups in total. The Hall–Kier alpha value is -2.98. The number of H-pyrrole nitrogens is 1. The SMILES string of the molecule is [C-]#[N+]c1c(C(=O)OC2C(C)CC(C)CC2C)c2nc(-c3ccc(C)cc3OC)[nH]n2c1Cl. The van der Waals surface area contributed by atoms with E-state index in [1.54, 1.807) is 7.11 Å². The fraction of sp³-hybridized carbons (Fsp3) is 0.458. The van der Waals surface area contributed by atoms with Gasteiger partial charge in [-0.1, -0.05) is 38.4 Å². The predicted molar refractivity (Wildman–Crippen MR) is 123 cm³/mol. The number of hydrogen-bond donors (Lipinski definition) is 1. The number of fused-ring (bicyclic) bond motifs is 1. The van der Waals surface area contributed by atoms with Gasteiger partial charge >= 0.3 is 5.97 Å². The highest BCUT2D eigenvalue weighted by Crippen LogP contribution is 2.40. The number of carbonyl (C=O) groups excluding carboxylic acids is 1. The maximum Gasteiger partial charge on any atom is 0.331 e. The molecule has 2 heterocycles. The van der Waals surface area contributed by atoms with E-state index in [-0.39, 0.29) is 40.0 Å². The van der Waals surface area contributed by atoms with Crippen LogP contribution in [0.25, 0.3) is 21.9 Å². The first-order valence-electron chi connectivity index (χ1n) is 10.8. The van der Waals surface area contributed by atoms with Crippen molar-refractivity contribution in [2.24, 2.45) is 17.8 Å². The lowest BCUT2D eigenvalue weighted by Crippen LogP contribution is -2.37. The average molecular weight is 455 g/mol. The minimum Gasteiger partial charge on any atom is -0.496 e. The van der Waals surface area contributed by atoms with Crippen LogP contribution in [-0.4, -0.2) is 33.8 Å². The minimum atomic E-state index is -0.562. The molecular weight excluding hydrogens is 428 g/mol. The average Bonchev–Trinajstić information content (AvgIpc) is 3.28. The number of nitrogens with one attached hydrogen (secondary N) is 1. The quantitative estimate of drug-likeness (QED) is 0.383. The lowest BCUT2D eigenvalue weighted by molar-refractivity contribution is -0.0249. The lowest BCUT2D eigenvalue weighted by Gasteiger charge is -2.37. The van der Waals surface area contributed by atoms with Gasteiger partial charge in [-0.25, -0.2) is 19.1 Å². The summed E-state index contributed by atoms with van der Waals surface area (Å²) in [6.07, 6.45) is 1.80. The van der Waals surface area contributed by atoms with Gasteiger partial charge in [0.1, 0.15) is 22.6 Å². The molecule has 1 aliphatic rings. The van der Waals surface area contributed by atoms with Crippen LogP contribution >= 0.6 is 11.6 Å². The van der Waals surface area contributed by atoms with E-state index in [9.17, 15) is 4.79 Å². The Morgan fingerprint density at radius 2 is 1.97 bits per heavy atom. The van der Waals surface area contributed by atoms with E-state index in [1.807, 2.05) is 25.1 Å². The molecule has 2 unspecified atom stereocenters. The molecule has 7 nitrogen and oxygen atoms in total. The zero-order valence-electron chi connectivity index (χ0n) is 18.9. The number of ether oxygens (including phenoxy) is 2. The van der Waals surface area contributed by atoms with Gasteiger partial charge in [0.15, 0.2) is 11.5 Å². The fourth-order valence-electron chi connectivity index (χ4n) is 4.98. The largest absolute Gasteiger partial charge is 0.496 e. The van der Waals surface area contributed by atoms with E-state index in [0.717, 1.165) is 24.0 Å². The number of esters is 1. The fourth-order valence-corrected chi connectivity index (χ4v) is 5.24. The molecule has 8 heteroatoms. The molecule has 3 aromatic rings. The lowest BCUT2D eigenvalue weighted by atomic mass is 9.75. The van der Waals surface area contributed by atoms with Gasteiger partial charge < -0.3 is 9.47 Å². The van der Waals surface area contributed by atoms with Gasteiger partial charge in [0, 0.05) is 0 Å². The second-order valence-electron chi connectivity index (χ2n) is 8.96. The molecule has 0 bridgehead atoms. The summed E-state index contributed by atoms with van der Waals surface area (Å²) in [5.41, 5.74) is 2.18. The first kappa shape index (κ1) is 22.2. The number of hydrogen-bond acceptors (Lipinski definition) is 4. The van der Waals surface area contributed by atoms with Gasteiger partial charge in [-0.3, -0.25) is 5.10 Å². The van der Waals surface area contributed by atoms with E-state index in [1.165, 1.54) is 4.52 Å². The van der Waals surface area contributed by atoms with Crippen LogP contribution in [0.15, 0.2) is 18.2 Å². The van der Waals surface area contributed by atoms with Gasteiger partial charge in [-0.15, -0.1) is 0 Å². The van der Waals surface area contributed by atoms with Crippen molar-refractivity contribution < 1.29 is 14.3 Å². The minimum absolute atomic E-state index is 0.0438. The summed E-state index contributed by atoms with van der Waals surface area (Å²) < 4.78 is 12.9. The molecule has 168 valence electrons. The maximum atomic E-state index is 13.3. The van der Waals surface area contributed by atoms with Gasteiger partial charge in [0.2, 0.25) is 5.69 Å². The van der Waals surface area contributed by atoms with E-state index < -0.39 is 5.97 Å². The van der Waals surface area contributed by atoms with E-state index in [2.05, 4.69) is 35.7 Å². The second-order valence-corrected chi connectivity index (χ2v) is 9.32. The van der Waals surface area contributed by atoms with Crippen LogP contribution in [0.3, 0.4) is 0 Å². The van der Waals surface area contributed by atoms with Crippen molar-refractivity contribution in [3.05, 3.63) is 45.9 Å². The number of methoxy groups -OCH3 is 1. The summed E-state index contributed by atoms with van der Waals surface area (Å²) in [4.78, 5) is 21.4. The standard InChI is InChI=1S/C24H27ClN4O3/c1-12-7-8-16(17(11-12)31-6)22-27-23-18(19(26-5)21(25)29(23)28-22)24(30)32-20-14(3)9-13(2)10-15(20)4/h7-8,11,13-15,20H,9-10H2,1-4,6H3,(H,27,28). The normalized spacial score (nSPS) is 23.2. The summed E-state index contributed by atoms with van der Waals surface area (Å²) in [5, 5.41) is 3.20. The Morgan fingerprint density at radius 3 is 2.59 bits per heavy atom. The zero-order valence-corrected chi connectivity index (χ0v) is 19.7. The molecule has 2 aromatic heterocycles. The Labute approximate surface area is 192 Å². The first-order chi connectivity index (χ1) is 15.2. The molecule has 32 heavy (non-hydrogen) atoms. The molecule has 1 fully saturated rings. The summed E-state index contributed by atoms with van der Waals surface area (Å²) in [7, 11) is 1.59. The summed E-state index contributed by atoms with van der Waals surface area (Å²) in [6.45, 7) is 16.0. The molecule has 0 radical (unpaired) electrons. The second kappa shape index (κ2) is 8.51. The molecule has 2 atom stereocenters. The molecule has 1 aromatic carbocycles. The summed E-state index contributed by atoms with van der Waals surface area (Å²) in [5.74, 6) is 1.66. The molecule has 1 aliphatic carbocycles. The number of rotatable bonds is 4. The maximum absolute atomic E-state index is 13.3. The highest BCUT2D eigenvalue weighted by atomic mass is 35.5. The van der Waals surface area contributed by atoms with Crippen LogP contribution in [0.1, 0.15) is 49.5 Å². The Kier molecular flexibility index (Phi) is 5.91. The van der Waals surface area contributed by atoms with Crippen LogP contribution in [0.2, 0.25) is 5.15 Å². The Morgan fingerprint density at radius 1 is 1.28 bits per heavy atom. The molecule has 0 amide bonds. The summed E-state index contributed by atoms with van der Waals surface area (Å²) >= 11 is 6.46. The van der Waals surface area contributed by atoms with Gasteiger partial charge in [0.05, 0.1) is 19.2 Å². The monoisotopic (exact) mass is 454 g/mol. The van der Waals surface area contributed by atoms with Crippen molar-refractivity contribution in [2.75, 3.05) is 7.11 Å². The molecule has 0 saturated heterocycles. The molecule has 4 rings (SSSR count). The third-order valence-corrected chi connectivity index (χ3v) is 6.69. The zero-order chi connectivity index (χ0) is 23.2. The highest BCUT2D eigenvalue weighted by Gasteiger charge is 2.36. The van der Waals surface area contributed by atoms with Crippen LogP contribution in [-0.2, 0) is 4.74 Å². The third-order valence-electron chi connectivity index (χ3n) is 6.34. The van der Waals surface area contributed by atoms with E-state index >= 15 is 0 Å². The van der Waals surface area contributed by atoms with Gasteiger partial charge in [-0.05, 0) is 55.2 Å². The van der Waals surface area contributed by atoms with E-state index in [4.69, 9.17) is 27.6 Å². The first-order valence-corrected chi connectivity index (χ1v) is 11.2. The number of aryl methyl sites for hydroxylation is 1. The molecule has 1 saturated carbocycles. The number of benzene rings is 1. The Bertz CT molecular complexity index is 1210.